The molecule has 0 aliphatic rings. The van der Waals surface area contributed by atoms with E-state index in [-0.39, 0.29) is 11.5 Å². The van der Waals surface area contributed by atoms with Crippen LogP contribution in [-0.2, 0) is 5.41 Å². The molecule has 0 saturated heterocycles. The Morgan fingerprint density at radius 3 is 2.16 bits per heavy atom. The zero-order valence-electron chi connectivity index (χ0n) is 12.3. The topological polar surface area (TPSA) is 38.9 Å². The summed E-state index contributed by atoms with van der Waals surface area (Å²) in [5.74, 6) is 0. The van der Waals surface area contributed by atoms with Crippen molar-refractivity contribution in [1.82, 2.24) is 4.98 Å². The quantitative estimate of drug-likeness (QED) is 0.895. The molecule has 0 fully saturated rings. The summed E-state index contributed by atoms with van der Waals surface area (Å²) in [6.07, 6.45) is 0. The van der Waals surface area contributed by atoms with Gasteiger partial charge in [0.25, 0.3) is 0 Å². The van der Waals surface area contributed by atoms with Crippen LogP contribution in [0.1, 0.15) is 54.2 Å². The lowest BCUT2D eigenvalue weighted by molar-refractivity contribution is 0.569. The van der Waals surface area contributed by atoms with Gasteiger partial charge in [0, 0.05) is 10.8 Å². The second-order valence-electron chi connectivity index (χ2n) is 6.22. The number of benzene rings is 1. The van der Waals surface area contributed by atoms with E-state index in [9.17, 15) is 0 Å². The van der Waals surface area contributed by atoms with Crippen molar-refractivity contribution in [2.75, 3.05) is 0 Å². The Hall–Kier alpha value is -1.19. The van der Waals surface area contributed by atoms with Crippen molar-refractivity contribution in [2.45, 2.75) is 46.1 Å². The molecule has 1 aromatic heterocycles. The van der Waals surface area contributed by atoms with Gasteiger partial charge in [-0.1, -0.05) is 50.1 Å². The van der Waals surface area contributed by atoms with Gasteiger partial charge in [0.05, 0.1) is 11.7 Å². The molecule has 0 saturated carbocycles. The van der Waals surface area contributed by atoms with E-state index in [1.54, 1.807) is 11.3 Å². The third-order valence-corrected chi connectivity index (χ3v) is 4.09. The van der Waals surface area contributed by atoms with Crippen molar-refractivity contribution in [2.24, 2.45) is 5.73 Å². The molecule has 3 heteroatoms. The summed E-state index contributed by atoms with van der Waals surface area (Å²) in [5.41, 5.74) is 11.2. The van der Waals surface area contributed by atoms with Gasteiger partial charge in [-0.25, -0.2) is 4.98 Å². The summed E-state index contributed by atoms with van der Waals surface area (Å²) in [6.45, 7) is 10.7. The molecular formula is C16H22N2S. The average molecular weight is 274 g/mol. The Kier molecular flexibility index (Phi) is 3.79. The number of hydrogen-bond acceptors (Lipinski definition) is 3. The average Bonchev–Trinajstić information content (AvgIpc) is 2.75. The van der Waals surface area contributed by atoms with Gasteiger partial charge in [-0.2, -0.15) is 0 Å². The molecule has 1 heterocycles. The standard InChI is InChI=1S/C16H22N2S/c1-10-6-11(2)8-12(7-10)14(17)15-18-13(9-19-15)16(3,4)5/h6-9,14H,17H2,1-5H3. The lowest BCUT2D eigenvalue weighted by atomic mass is 9.93. The predicted octanol–water partition coefficient (Wildman–Crippen LogP) is 4.11. The highest BCUT2D eigenvalue weighted by atomic mass is 32.1. The first-order chi connectivity index (χ1) is 8.77. The maximum absolute atomic E-state index is 6.36. The smallest absolute Gasteiger partial charge is 0.114 e. The molecule has 0 radical (unpaired) electrons. The van der Waals surface area contributed by atoms with Gasteiger partial charge < -0.3 is 5.73 Å². The second-order valence-corrected chi connectivity index (χ2v) is 7.11. The first-order valence-electron chi connectivity index (χ1n) is 6.57. The molecule has 1 atom stereocenters. The SMILES string of the molecule is Cc1cc(C)cc(C(N)c2nc(C(C)(C)C)cs2)c1. The molecule has 1 unspecified atom stereocenters. The van der Waals surface area contributed by atoms with Crippen LogP contribution >= 0.6 is 11.3 Å². The van der Waals surface area contributed by atoms with Crippen molar-refractivity contribution >= 4 is 11.3 Å². The summed E-state index contributed by atoms with van der Waals surface area (Å²) in [5, 5.41) is 3.12. The maximum Gasteiger partial charge on any atom is 0.114 e. The van der Waals surface area contributed by atoms with Crippen LogP contribution in [-0.4, -0.2) is 4.98 Å². The molecule has 0 bridgehead atoms. The Labute approximate surface area is 119 Å². The number of aromatic nitrogens is 1. The fourth-order valence-electron chi connectivity index (χ4n) is 2.11. The Bertz CT molecular complexity index is 558. The Morgan fingerprint density at radius 1 is 1.11 bits per heavy atom. The summed E-state index contributed by atoms with van der Waals surface area (Å²) in [4.78, 5) is 4.71. The van der Waals surface area contributed by atoms with Crippen LogP contribution in [0.25, 0.3) is 0 Å². The number of nitrogens with two attached hydrogens (primary N) is 1. The van der Waals surface area contributed by atoms with Gasteiger partial charge in [0.15, 0.2) is 0 Å². The number of aryl methyl sites for hydroxylation is 2. The highest BCUT2D eigenvalue weighted by Gasteiger charge is 2.20. The molecule has 102 valence electrons. The second kappa shape index (κ2) is 5.06. The minimum absolute atomic E-state index is 0.0803. The van der Waals surface area contributed by atoms with Crippen LogP contribution in [0.2, 0.25) is 0 Å². The fourth-order valence-corrected chi connectivity index (χ4v) is 3.18. The van der Waals surface area contributed by atoms with Crippen LogP contribution in [0.5, 0.6) is 0 Å². The molecule has 2 N–H and O–H groups in total. The zero-order valence-corrected chi connectivity index (χ0v) is 13.1. The first-order valence-corrected chi connectivity index (χ1v) is 7.45. The fraction of sp³-hybridized carbons (Fsp3) is 0.438. The molecule has 0 amide bonds. The number of rotatable bonds is 2. The van der Waals surface area contributed by atoms with E-state index in [1.807, 2.05) is 0 Å². The van der Waals surface area contributed by atoms with Crippen LogP contribution in [0, 0.1) is 13.8 Å². The summed E-state index contributed by atoms with van der Waals surface area (Å²) >= 11 is 1.65. The van der Waals surface area contributed by atoms with Crippen molar-refractivity contribution in [3.8, 4) is 0 Å². The molecule has 19 heavy (non-hydrogen) atoms. The molecule has 1 aromatic carbocycles. The number of thiazole rings is 1. The van der Waals surface area contributed by atoms with E-state index >= 15 is 0 Å². The van der Waals surface area contributed by atoms with E-state index in [2.05, 4.69) is 58.2 Å². The van der Waals surface area contributed by atoms with E-state index in [0.717, 1.165) is 16.3 Å². The lowest BCUT2D eigenvalue weighted by Gasteiger charge is -2.15. The van der Waals surface area contributed by atoms with Crippen LogP contribution < -0.4 is 5.73 Å². The molecule has 2 aromatic rings. The Balaban J connectivity index is 2.33. The van der Waals surface area contributed by atoms with E-state index in [4.69, 9.17) is 10.7 Å². The lowest BCUT2D eigenvalue weighted by Crippen LogP contribution is -2.15. The highest BCUT2D eigenvalue weighted by Crippen LogP contribution is 2.29. The van der Waals surface area contributed by atoms with Gasteiger partial charge in [-0.15, -0.1) is 11.3 Å². The van der Waals surface area contributed by atoms with Crippen LogP contribution in [0.3, 0.4) is 0 Å². The predicted molar refractivity (Wildman–Crippen MR) is 82.8 cm³/mol. The molecule has 0 aliphatic carbocycles. The van der Waals surface area contributed by atoms with Crippen molar-refractivity contribution in [1.29, 1.82) is 0 Å². The molecular weight excluding hydrogens is 252 g/mol. The Morgan fingerprint density at radius 2 is 1.68 bits per heavy atom. The van der Waals surface area contributed by atoms with Crippen molar-refractivity contribution in [3.05, 3.63) is 51.0 Å². The largest absolute Gasteiger partial charge is 0.318 e. The minimum Gasteiger partial charge on any atom is -0.318 e. The van der Waals surface area contributed by atoms with Crippen molar-refractivity contribution in [3.63, 3.8) is 0 Å². The van der Waals surface area contributed by atoms with Gasteiger partial charge >= 0.3 is 0 Å². The molecule has 0 aliphatic heterocycles. The highest BCUT2D eigenvalue weighted by molar-refractivity contribution is 7.09. The maximum atomic E-state index is 6.36. The third-order valence-electron chi connectivity index (χ3n) is 3.16. The van der Waals surface area contributed by atoms with E-state index in [0.29, 0.717) is 0 Å². The summed E-state index contributed by atoms with van der Waals surface area (Å²) in [6, 6.07) is 6.34. The van der Waals surface area contributed by atoms with Crippen LogP contribution in [0.4, 0.5) is 0 Å². The number of hydrogen-bond donors (Lipinski definition) is 1. The first kappa shape index (κ1) is 14.2. The minimum atomic E-state index is -0.125. The third kappa shape index (κ3) is 3.23. The molecule has 2 rings (SSSR count). The zero-order chi connectivity index (χ0) is 14.2. The molecule has 2 nitrogen and oxygen atoms in total. The van der Waals surface area contributed by atoms with Gasteiger partial charge in [0.1, 0.15) is 5.01 Å². The molecule has 0 spiro atoms. The van der Waals surface area contributed by atoms with E-state index in [1.165, 1.54) is 11.1 Å². The monoisotopic (exact) mass is 274 g/mol. The number of nitrogens with zero attached hydrogens (tertiary/aromatic N) is 1. The normalized spacial score (nSPS) is 13.6. The van der Waals surface area contributed by atoms with Crippen molar-refractivity contribution < 1.29 is 0 Å². The summed E-state index contributed by atoms with van der Waals surface area (Å²) < 4.78 is 0. The summed E-state index contributed by atoms with van der Waals surface area (Å²) in [7, 11) is 0. The van der Waals surface area contributed by atoms with Gasteiger partial charge in [0.2, 0.25) is 0 Å². The van der Waals surface area contributed by atoms with Crippen LogP contribution in [0.15, 0.2) is 23.6 Å². The van der Waals surface area contributed by atoms with Gasteiger partial charge in [-0.05, 0) is 19.4 Å². The van der Waals surface area contributed by atoms with E-state index < -0.39 is 0 Å². The van der Waals surface area contributed by atoms with Gasteiger partial charge in [-0.3, -0.25) is 0 Å².